The van der Waals surface area contributed by atoms with E-state index >= 15 is 0 Å². The summed E-state index contributed by atoms with van der Waals surface area (Å²) in [7, 11) is 0. The van der Waals surface area contributed by atoms with Crippen LogP contribution in [0.5, 0.6) is 0 Å². The van der Waals surface area contributed by atoms with Gasteiger partial charge in [-0.3, -0.25) is 0 Å². The van der Waals surface area contributed by atoms with E-state index in [1.165, 1.54) is 0 Å². The first-order chi connectivity index (χ1) is 4.62. The number of hydrogen-bond acceptors (Lipinski definition) is 2. The minimum absolute atomic E-state index is 0.134. The van der Waals surface area contributed by atoms with E-state index in [1.54, 1.807) is 6.92 Å². The average molecular weight is 142 g/mol. The Morgan fingerprint density at radius 3 is 2.70 bits per heavy atom. The van der Waals surface area contributed by atoms with E-state index in [0.717, 1.165) is 19.4 Å². The van der Waals surface area contributed by atoms with Crippen LogP contribution in [0.3, 0.4) is 0 Å². The van der Waals surface area contributed by atoms with E-state index in [4.69, 9.17) is 4.74 Å². The van der Waals surface area contributed by atoms with Crippen molar-refractivity contribution in [3.05, 3.63) is 0 Å². The van der Waals surface area contributed by atoms with Gasteiger partial charge in [0.05, 0.1) is 12.2 Å². The first-order valence-corrected chi connectivity index (χ1v) is 3.76. The third-order valence-electron chi connectivity index (χ3n) is 1.87. The normalized spacial score (nSPS) is 30.2. The molecule has 1 saturated heterocycles. The van der Waals surface area contributed by atoms with Crippen LogP contribution < -0.4 is 0 Å². The van der Waals surface area contributed by atoms with Crippen LogP contribution in [0, 0.1) is 0 Å². The Labute approximate surface area is 61.6 Å². The number of ether oxygens (including phenoxy) is 1. The fourth-order valence-corrected chi connectivity index (χ4v) is 0.979. The Balaban J connectivity index is 2.00. The lowest BCUT2D eigenvalue weighted by Crippen LogP contribution is -2.04. The molecule has 2 heteroatoms. The summed E-state index contributed by atoms with van der Waals surface area (Å²) in [4.78, 5) is 10.5. The molecule has 1 fully saturated rings. The largest absolute Gasteiger partial charge is 0.370 e. The quantitative estimate of drug-likeness (QED) is 0.557. The van der Waals surface area contributed by atoms with Crippen LogP contribution in [0.15, 0.2) is 0 Å². The van der Waals surface area contributed by atoms with Gasteiger partial charge in [-0.15, -0.1) is 0 Å². The fraction of sp³-hybridized carbons (Fsp3) is 0.875. The zero-order chi connectivity index (χ0) is 7.61. The SMILES string of the molecule is CC(=O)CCCC1(C)CO1. The van der Waals surface area contributed by atoms with E-state index < -0.39 is 0 Å². The zero-order valence-electron chi connectivity index (χ0n) is 6.64. The molecule has 0 amide bonds. The molecule has 1 aliphatic rings. The van der Waals surface area contributed by atoms with Gasteiger partial charge in [0.2, 0.25) is 0 Å². The van der Waals surface area contributed by atoms with Gasteiger partial charge in [0, 0.05) is 6.42 Å². The van der Waals surface area contributed by atoms with Crippen molar-refractivity contribution >= 4 is 5.78 Å². The van der Waals surface area contributed by atoms with Crippen molar-refractivity contribution in [3.8, 4) is 0 Å². The number of Topliss-reactive ketones (excluding diaryl/α,β-unsaturated/α-hetero) is 1. The highest BCUT2D eigenvalue weighted by Gasteiger charge is 2.38. The Bertz CT molecular complexity index is 136. The second-order valence-corrected chi connectivity index (χ2v) is 3.29. The summed E-state index contributed by atoms with van der Waals surface area (Å²) in [5.74, 6) is 0.282. The van der Waals surface area contributed by atoms with E-state index in [0.29, 0.717) is 6.42 Å². The minimum Gasteiger partial charge on any atom is -0.370 e. The predicted molar refractivity (Wildman–Crippen MR) is 38.9 cm³/mol. The van der Waals surface area contributed by atoms with Crippen LogP contribution in [-0.2, 0) is 9.53 Å². The predicted octanol–water partition coefficient (Wildman–Crippen LogP) is 1.53. The Morgan fingerprint density at radius 1 is 1.70 bits per heavy atom. The number of carbonyl (C=O) groups is 1. The minimum atomic E-state index is 0.134. The number of carbonyl (C=O) groups excluding carboxylic acids is 1. The van der Waals surface area contributed by atoms with Gasteiger partial charge < -0.3 is 9.53 Å². The molecule has 0 aliphatic carbocycles. The molecule has 0 aromatic rings. The highest BCUT2D eigenvalue weighted by molar-refractivity contribution is 5.75. The van der Waals surface area contributed by atoms with Gasteiger partial charge in [0.25, 0.3) is 0 Å². The summed E-state index contributed by atoms with van der Waals surface area (Å²) in [5.41, 5.74) is 0.134. The summed E-state index contributed by atoms with van der Waals surface area (Å²) in [5, 5.41) is 0. The molecular formula is C8H14O2. The molecular weight excluding hydrogens is 128 g/mol. The number of ketones is 1. The van der Waals surface area contributed by atoms with Crippen molar-refractivity contribution in [2.24, 2.45) is 0 Å². The molecule has 10 heavy (non-hydrogen) atoms. The first kappa shape index (κ1) is 7.73. The van der Waals surface area contributed by atoms with Gasteiger partial charge in [-0.1, -0.05) is 0 Å². The highest BCUT2D eigenvalue weighted by Crippen LogP contribution is 2.31. The van der Waals surface area contributed by atoms with E-state index in [1.807, 2.05) is 0 Å². The summed E-state index contributed by atoms with van der Waals surface area (Å²) in [6.45, 7) is 4.61. The maximum Gasteiger partial charge on any atom is 0.129 e. The molecule has 0 aromatic heterocycles. The van der Waals surface area contributed by atoms with Crippen LogP contribution in [-0.4, -0.2) is 18.0 Å². The topological polar surface area (TPSA) is 29.6 Å². The summed E-state index contributed by atoms with van der Waals surface area (Å²) >= 11 is 0. The Hall–Kier alpha value is -0.370. The van der Waals surface area contributed by atoms with E-state index in [2.05, 4.69) is 6.92 Å². The van der Waals surface area contributed by atoms with Crippen molar-refractivity contribution in [1.29, 1.82) is 0 Å². The van der Waals surface area contributed by atoms with Crippen molar-refractivity contribution in [2.45, 2.75) is 38.7 Å². The zero-order valence-corrected chi connectivity index (χ0v) is 6.64. The van der Waals surface area contributed by atoms with Gasteiger partial charge in [-0.05, 0) is 26.7 Å². The number of epoxide rings is 1. The van der Waals surface area contributed by atoms with Crippen LogP contribution in [0.2, 0.25) is 0 Å². The van der Waals surface area contributed by atoms with Gasteiger partial charge in [-0.2, -0.15) is 0 Å². The standard InChI is InChI=1S/C8H14O2/c1-7(9)4-3-5-8(2)6-10-8/h3-6H2,1-2H3. The first-order valence-electron chi connectivity index (χ1n) is 3.76. The summed E-state index contributed by atoms with van der Waals surface area (Å²) < 4.78 is 5.17. The molecule has 1 atom stereocenters. The van der Waals surface area contributed by atoms with Crippen molar-refractivity contribution < 1.29 is 9.53 Å². The maximum atomic E-state index is 10.5. The van der Waals surface area contributed by atoms with Gasteiger partial charge in [-0.25, -0.2) is 0 Å². The van der Waals surface area contributed by atoms with Gasteiger partial charge in [0.15, 0.2) is 0 Å². The van der Waals surface area contributed by atoms with Crippen LogP contribution in [0.4, 0.5) is 0 Å². The molecule has 2 nitrogen and oxygen atoms in total. The lowest BCUT2D eigenvalue weighted by molar-refractivity contribution is -0.117. The van der Waals surface area contributed by atoms with Gasteiger partial charge >= 0.3 is 0 Å². The smallest absolute Gasteiger partial charge is 0.129 e. The molecule has 1 heterocycles. The molecule has 0 bridgehead atoms. The molecule has 1 aliphatic heterocycles. The van der Waals surface area contributed by atoms with Crippen molar-refractivity contribution in [3.63, 3.8) is 0 Å². The lowest BCUT2D eigenvalue weighted by Gasteiger charge is -2.01. The molecule has 1 rings (SSSR count). The van der Waals surface area contributed by atoms with E-state index in [9.17, 15) is 4.79 Å². The second kappa shape index (κ2) is 2.70. The Kier molecular flexibility index (Phi) is 2.09. The van der Waals surface area contributed by atoms with Crippen LogP contribution in [0.1, 0.15) is 33.1 Å². The van der Waals surface area contributed by atoms with E-state index in [-0.39, 0.29) is 11.4 Å². The molecule has 0 N–H and O–H groups in total. The molecule has 58 valence electrons. The number of hydrogen-bond donors (Lipinski definition) is 0. The fourth-order valence-electron chi connectivity index (χ4n) is 0.979. The maximum absolute atomic E-state index is 10.5. The number of rotatable bonds is 4. The van der Waals surface area contributed by atoms with Crippen molar-refractivity contribution in [1.82, 2.24) is 0 Å². The van der Waals surface area contributed by atoms with Crippen LogP contribution in [0.25, 0.3) is 0 Å². The van der Waals surface area contributed by atoms with Crippen molar-refractivity contribution in [2.75, 3.05) is 6.61 Å². The highest BCUT2D eigenvalue weighted by atomic mass is 16.6. The van der Waals surface area contributed by atoms with Gasteiger partial charge in [0.1, 0.15) is 5.78 Å². The summed E-state index contributed by atoms with van der Waals surface area (Å²) in [6.07, 6.45) is 2.72. The Morgan fingerprint density at radius 2 is 2.30 bits per heavy atom. The lowest BCUT2D eigenvalue weighted by atomic mass is 10.0. The third-order valence-corrected chi connectivity index (χ3v) is 1.87. The molecule has 1 unspecified atom stereocenters. The molecule has 0 radical (unpaired) electrons. The third kappa shape index (κ3) is 2.48. The summed E-state index contributed by atoms with van der Waals surface area (Å²) in [6, 6.07) is 0. The monoisotopic (exact) mass is 142 g/mol. The molecule has 0 aromatic carbocycles. The molecule has 0 spiro atoms. The molecule has 0 saturated carbocycles. The van der Waals surface area contributed by atoms with Crippen LogP contribution >= 0.6 is 0 Å². The second-order valence-electron chi connectivity index (χ2n) is 3.29. The average Bonchev–Trinajstić information content (AvgIpc) is 2.47.